The van der Waals surface area contributed by atoms with Crippen LogP contribution in [0.3, 0.4) is 0 Å². The van der Waals surface area contributed by atoms with Gasteiger partial charge in [-0.1, -0.05) is 36.5 Å². The van der Waals surface area contributed by atoms with E-state index < -0.39 is 0 Å². The highest BCUT2D eigenvalue weighted by atomic mass is 32.1. The number of thiocarbonyl (C=S) groups is 1. The average Bonchev–Trinajstić information content (AvgIpc) is 2.47. The van der Waals surface area contributed by atoms with Crippen LogP contribution in [0, 0.1) is 0 Å². The summed E-state index contributed by atoms with van der Waals surface area (Å²) in [5.41, 5.74) is 7.49. The Bertz CT molecular complexity index is 564. The third-order valence-corrected chi connectivity index (χ3v) is 3.01. The fourth-order valence-corrected chi connectivity index (χ4v) is 1.87. The molecule has 104 valence electrons. The van der Waals surface area contributed by atoms with E-state index in [0.29, 0.717) is 18.2 Å². The molecule has 3 nitrogen and oxygen atoms in total. The van der Waals surface area contributed by atoms with Crippen molar-refractivity contribution in [1.29, 1.82) is 0 Å². The average molecular weight is 287 g/mol. The van der Waals surface area contributed by atoms with Crippen LogP contribution in [0.1, 0.15) is 18.1 Å². The van der Waals surface area contributed by atoms with Crippen LogP contribution in [-0.4, -0.2) is 11.6 Å². The topological polar surface area (TPSA) is 44.5 Å². The van der Waals surface area contributed by atoms with Crippen molar-refractivity contribution in [3.63, 3.8) is 0 Å². The molecule has 0 heterocycles. The maximum atomic E-state index is 5.71. The second-order valence-corrected chi connectivity index (χ2v) is 4.69. The second-order valence-electron chi connectivity index (χ2n) is 4.25. The van der Waals surface area contributed by atoms with E-state index in [9.17, 15) is 0 Å². The van der Waals surface area contributed by atoms with Crippen LogP contribution >= 0.6 is 12.2 Å². The summed E-state index contributed by atoms with van der Waals surface area (Å²) in [4.78, 5) is 0.406. The molecule has 0 aliphatic rings. The summed E-state index contributed by atoms with van der Waals surface area (Å²) in [5, 5.41) is 0. The standard InChI is InChI=1S/C16H17NO2S/c1-2-18-14-7-9-15(10-8-14)19-11-12-3-5-13(6-4-12)16(17)20/h3-10H,2,11H2,1H3,(H2,17,20). The molecule has 0 aliphatic heterocycles. The summed E-state index contributed by atoms with van der Waals surface area (Å²) in [6.07, 6.45) is 0. The van der Waals surface area contributed by atoms with E-state index in [1.54, 1.807) is 0 Å². The van der Waals surface area contributed by atoms with Gasteiger partial charge in [-0.15, -0.1) is 0 Å². The van der Waals surface area contributed by atoms with Gasteiger partial charge in [0.15, 0.2) is 0 Å². The molecule has 0 unspecified atom stereocenters. The predicted octanol–water partition coefficient (Wildman–Crippen LogP) is 3.30. The van der Waals surface area contributed by atoms with E-state index in [1.165, 1.54) is 0 Å². The number of hydrogen-bond acceptors (Lipinski definition) is 3. The van der Waals surface area contributed by atoms with Crippen LogP contribution in [0.2, 0.25) is 0 Å². The number of ether oxygens (including phenoxy) is 2. The third-order valence-electron chi connectivity index (χ3n) is 2.78. The van der Waals surface area contributed by atoms with E-state index in [-0.39, 0.29) is 0 Å². The van der Waals surface area contributed by atoms with Crippen molar-refractivity contribution in [1.82, 2.24) is 0 Å². The molecule has 0 aliphatic carbocycles. The molecule has 0 saturated heterocycles. The summed E-state index contributed by atoms with van der Waals surface area (Å²) in [5.74, 6) is 1.66. The van der Waals surface area contributed by atoms with Gasteiger partial charge >= 0.3 is 0 Å². The molecule has 20 heavy (non-hydrogen) atoms. The van der Waals surface area contributed by atoms with E-state index in [2.05, 4.69) is 0 Å². The Labute approximate surface area is 124 Å². The van der Waals surface area contributed by atoms with Crippen LogP contribution in [0.4, 0.5) is 0 Å². The summed E-state index contributed by atoms with van der Waals surface area (Å²) < 4.78 is 11.1. The Morgan fingerprint density at radius 3 is 2.00 bits per heavy atom. The van der Waals surface area contributed by atoms with Gasteiger partial charge in [0.05, 0.1) is 6.61 Å². The van der Waals surface area contributed by atoms with Gasteiger partial charge < -0.3 is 15.2 Å². The zero-order valence-electron chi connectivity index (χ0n) is 11.3. The Morgan fingerprint density at radius 1 is 0.950 bits per heavy atom. The molecule has 0 saturated carbocycles. The Hall–Kier alpha value is -2.07. The molecular formula is C16H17NO2S. The van der Waals surface area contributed by atoms with E-state index in [4.69, 9.17) is 27.4 Å². The summed E-state index contributed by atoms with van der Waals surface area (Å²) in [6.45, 7) is 3.13. The molecule has 0 spiro atoms. The van der Waals surface area contributed by atoms with Gasteiger partial charge in [0.25, 0.3) is 0 Å². The molecule has 2 aromatic carbocycles. The van der Waals surface area contributed by atoms with Crippen molar-refractivity contribution in [2.75, 3.05) is 6.61 Å². The summed E-state index contributed by atoms with van der Waals surface area (Å²) >= 11 is 4.91. The maximum absolute atomic E-state index is 5.71. The van der Waals surface area contributed by atoms with E-state index in [1.807, 2.05) is 55.5 Å². The summed E-state index contributed by atoms with van der Waals surface area (Å²) in [6, 6.07) is 15.3. The molecular weight excluding hydrogens is 270 g/mol. The first kappa shape index (κ1) is 14.3. The fourth-order valence-electron chi connectivity index (χ4n) is 1.73. The third kappa shape index (κ3) is 3.96. The minimum Gasteiger partial charge on any atom is -0.494 e. The number of nitrogens with two attached hydrogens (primary N) is 1. The van der Waals surface area contributed by atoms with Crippen LogP contribution < -0.4 is 15.2 Å². The molecule has 0 radical (unpaired) electrons. The fraction of sp³-hybridized carbons (Fsp3) is 0.188. The first-order chi connectivity index (χ1) is 9.69. The zero-order chi connectivity index (χ0) is 14.4. The van der Waals surface area contributed by atoms with Gasteiger partial charge in [0.2, 0.25) is 0 Å². The molecule has 0 aromatic heterocycles. The monoisotopic (exact) mass is 287 g/mol. The van der Waals surface area contributed by atoms with Gasteiger partial charge in [0.1, 0.15) is 23.1 Å². The minimum atomic E-state index is 0.406. The number of rotatable bonds is 6. The zero-order valence-corrected chi connectivity index (χ0v) is 12.2. The van der Waals surface area contributed by atoms with Crippen molar-refractivity contribution in [2.45, 2.75) is 13.5 Å². The van der Waals surface area contributed by atoms with E-state index >= 15 is 0 Å². The van der Waals surface area contributed by atoms with Crippen molar-refractivity contribution in [2.24, 2.45) is 5.73 Å². The van der Waals surface area contributed by atoms with Crippen LogP contribution in [0.15, 0.2) is 48.5 Å². The van der Waals surface area contributed by atoms with Crippen LogP contribution in [0.5, 0.6) is 11.5 Å². The normalized spacial score (nSPS) is 10.1. The quantitative estimate of drug-likeness (QED) is 0.828. The van der Waals surface area contributed by atoms with Gasteiger partial charge in [-0.2, -0.15) is 0 Å². The predicted molar refractivity (Wildman–Crippen MR) is 84.3 cm³/mol. The first-order valence-corrected chi connectivity index (χ1v) is 6.84. The molecule has 2 N–H and O–H groups in total. The summed E-state index contributed by atoms with van der Waals surface area (Å²) in [7, 11) is 0. The molecule has 2 rings (SSSR count). The molecule has 2 aromatic rings. The first-order valence-electron chi connectivity index (χ1n) is 6.43. The van der Waals surface area contributed by atoms with Crippen LogP contribution in [0.25, 0.3) is 0 Å². The molecule has 0 fully saturated rings. The highest BCUT2D eigenvalue weighted by Gasteiger charge is 1.99. The SMILES string of the molecule is CCOc1ccc(OCc2ccc(C(N)=S)cc2)cc1. The molecule has 4 heteroatoms. The lowest BCUT2D eigenvalue weighted by atomic mass is 10.1. The minimum absolute atomic E-state index is 0.406. The molecule has 0 bridgehead atoms. The molecule has 0 amide bonds. The van der Waals surface area contributed by atoms with Crippen molar-refractivity contribution in [3.8, 4) is 11.5 Å². The lowest BCUT2D eigenvalue weighted by molar-refractivity contribution is 0.304. The lowest BCUT2D eigenvalue weighted by Crippen LogP contribution is -2.09. The lowest BCUT2D eigenvalue weighted by Gasteiger charge is -2.08. The van der Waals surface area contributed by atoms with Gasteiger partial charge in [-0.25, -0.2) is 0 Å². The van der Waals surface area contributed by atoms with Crippen molar-refractivity contribution >= 4 is 17.2 Å². The maximum Gasteiger partial charge on any atom is 0.120 e. The van der Waals surface area contributed by atoms with Crippen molar-refractivity contribution in [3.05, 3.63) is 59.7 Å². The van der Waals surface area contributed by atoms with Gasteiger partial charge in [0, 0.05) is 5.56 Å². The largest absolute Gasteiger partial charge is 0.494 e. The highest BCUT2D eigenvalue weighted by Crippen LogP contribution is 2.18. The van der Waals surface area contributed by atoms with Gasteiger partial charge in [-0.3, -0.25) is 0 Å². The highest BCUT2D eigenvalue weighted by molar-refractivity contribution is 7.80. The Morgan fingerprint density at radius 2 is 1.50 bits per heavy atom. The smallest absolute Gasteiger partial charge is 0.120 e. The second kappa shape index (κ2) is 6.91. The Kier molecular flexibility index (Phi) is 4.96. The van der Waals surface area contributed by atoms with Gasteiger partial charge in [-0.05, 0) is 36.8 Å². The Balaban J connectivity index is 1.92. The van der Waals surface area contributed by atoms with Crippen molar-refractivity contribution < 1.29 is 9.47 Å². The van der Waals surface area contributed by atoms with E-state index in [0.717, 1.165) is 22.6 Å². The van der Waals surface area contributed by atoms with Crippen LogP contribution in [-0.2, 0) is 6.61 Å². The number of benzene rings is 2. The molecule has 0 atom stereocenters. The number of hydrogen-bond donors (Lipinski definition) is 1.